The number of carbonyl (C=O) groups excluding carboxylic acids is 2. The smallest absolute Gasteiger partial charge is 0.351 e. The van der Waals surface area contributed by atoms with Crippen LogP contribution in [0.2, 0.25) is 0 Å². The van der Waals surface area contributed by atoms with Crippen LogP contribution in [0.4, 0.5) is 0 Å². The average molecular weight is 258 g/mol. The first-order chi connectivity index (χ1) is 7.95. The molecule has 2 atom stereocenters. The van der Waals surface area contributed by atoms with Crippen molar-refractivity contribution < 1.29 is 19.5 Å². The minimum atomic E-state index is -1.06. The Balaban J connectivity index is 2.78. The van der Waals surface area contributed by atoms with Crippen LogP contribution in [0, 0.1) is 0 Å². The molecule has 0 saturated heterocycles. The first-order valence-electron chi connectivity index (χ1n) is 4.99. The van der Waals surface area contributed by atoms with Crippen molar-refractivity contribution in [3.8, 4) is 0 Å². The largest absolute Gasteiger partial charge is 0.477 e. The number of carbonyl (C=O) groups is 3. The van der Waals surface area contributed by atoms with Crippen LogP contribution in [0.25, 0.3) is 0 Å². The molecule has 0 spiro atoms. The van der Waals surface area contributed by atoms with E-state index in [-0.39, 0.29) is 11.6 Å². The Morgan fingerprint density at radius 2 is 2.29 bits per heavy atom. The molecule has 7 heteroatoms. The van der Waals surface area contributed by atoms with Crippen LogP contribution in [0.15, 0.2) is 11.3 Å². The summed E-state index contributed by atoms with van der Waals surface area (Å²) >= 11 is 1.39. The summed E-state index contributed by atoms with van der Waals surface area (Å²) in [6, 6.07) is -0.736. The van der Waals surface area contributed by atoms with Gasteiger partial charge in [0.25, 0.3) is 0 Å². The van der Waals surface area contributed by atoms with Crippen molar-refractivity contribution in [1.29, 1.82) is 0 Å². The number of carboxylic acids is 1. The molecule has 0 unspecified atom stereocenters. The fourth-order valence-electron chi connectivity index (χ4n) is 1.45. The number of hydrogen-bond donors (Lipinski definition) is 3. The highest BCUT2D eigenvalue weighted by atomic mass is 32.2. The van der Waals surface area contributed by atoms with Crippen molar-refractivity contribution >= 4 is 29.9 Å². The van der Waals surface area contributed by atoms with E-state index in [9.17, 15) is 14.4 Å². The van der Waals surface area contributed by atoms with E-state index < -0.39 is 17.4 Å². The van der Waals surface area contributed by atoms with Gasteiger partial charge in [0.1, 0.15) is 23.4 Å². The third-order valence-corrected chi connectivity index (χ3v) is 3.62. The molecule has 94 valence electrons. The van der Waals surface area contributed by atoms with E-state index in [1.54, 1.807) is 6.92 Å². The Morgan fingerprint density at radius 3 is 2.76 bits per heavy atom. The first kappa shape index (κ1) is 13.6. The SMILES string of the molecule is CC(=O)N[C@H](C=O)[C@@H]1NC(C(=O)O)=C(C)CS1. The van der Waals surface area contributed by atoms with Crippen molar-refractivity contribution in [3.05, 3.63) is 11.3 Å². The third-order valence-electron chi connectivity index (χ3n) is 2.25. The van der Waals surface area contributed by atoms with E-state index >= 15 is 0 Å². The standard InChI is InChI=1S/C10H14N2O4S/c1-5-4-17-9(12-8(5)10(15)16)7(3-13)11-6(2)14/h3,7,9,12H,4H2,1-2H3,(H,11,14)(H,15,16)/t7-,9-/m1/s1. The molecule has 1 amide bonds. The highest BCUT2D eigenvalue weighted by Crippen LogP contribution is 2.23. The molecule has 0 radical (unpaired) electrons. The van der Waals surface area contributed by atoms with E-state index in [1.165, 1.54) is 18.7 Å². The minimum absolute atomic E-state index is 0.103. The maximum absolute atomic E-state index is 10.9. The van der Waals surface area contributed by atoms with Gasteiger partial charge >= 0.3 is 5.97 Å². The molecule has 0 aromatic heterocycles. The lowest BCUT2D eigenvalue weighted by atomic mass is 10.2. The van der Waals surface area contributed by atoms with Gasteiger partial charge in [0.15, 0.2) is 0 Å². The second-order valence-corrected chi connectivity index (χ2v) is 4.83. The molecule has 1 aliphatic rings. The number of nitrogens with one attached hydrogen (secondary N) is 2. The zero-order chi connectivity index (χ0) is 13.0. The monoisotopic (exact) mass is 258 g/mol. The number of aldehydes is 1. The first-order valence-corrected chi connectivity index (χ1v) is 6.04. The molecule has 3 N–H and O–H groups in total. The second kappa shape index (κ2) is 5.72. The Labute approximate surface area is 103 Å². The molecule has 1 heterocycles. The van der Waals surface area contributed by atoms with Gasteiger partial charge in [-0.1, -0.05) is 0 Å². The van der Waals surface area contributed by atoms with E-state index in [4.69, 9.17) is 5.11 Å². The average Bonchev–Trinajstić information content (AvgIpc) is 2.26. The van der Waals surface area contributed by atoms with E-state index in [2.05, 4.69) is 10.6 Å². The van der Waals surface area contributed by atoms with Gasteiger partial charge < -0.3 is 20.5 Å². The van der Waals surface area contributed by atoms with Crippen molar-refractivity contribution in [2.75, 3.05) is 5.75 Å². The van der Waals surface area contributed by atoms with Crippen LogP contribution in [0.1, 0.15) is 13.8 Å². The fourth-order valence-corrected chi connectivity index (χ4v) is 2.56. The van der Waals surface area contributed by atoms with Crippen LogP contribution < -0.4 is 10.6 Å². The maximum atomic E-state index is 10.9. The Kier molecular flexibility index (Phi) is 4.56. The summed E-state index contributed by atoms with van der Waals surface area (Å²) < 4.78 is 0. The number of hydrogen-bond acceptors (Lipinski definition) is 5. The molecule has 1 rings (SSSR count). The zero-order valence-corrected chi connectivity index (χ0v) is 10.3. The third kappa shape index (κ3) is 3.48. The minimum Gasteiger partial charge on any atom is -0.477 e. The summed E-state index contributed by atoms with van der Waals surface area (Å²) in [5.74, 6) is -0.864. The van der Waals surface area contributed by atoms with Crippen LogP contribution in [0.3, 0.4) is 0 Å². The lowest BCUT2D eigenvalue weighted by molar-refractivity contribution is -0.133. The summed E-state index contributed by atoms with van der Waals surface area (Å²) in [4.78, 5) is 32.7. The molecule has 1 aliphatic heterocycles. The summed E-state index contributed by atoms with van der Waals surface area (Å²) in [7, 11) is 0. The molecule has 0 fully saturated rings. The predicted molar refractivity (Wildman–Crippen MR) is 63.4 cm³/mol. The van der Waals surface area contributed by atoms with Gasteiger partial charge in [-0.3, -0.25) is 4.79 Å². The topological polar surface area (TPSA) is 95.5 Å². The van der Waals surface area contributed by atoms with Gasteiger partial charge in [0.2, 0.25) is 5.91 Å². The fraction of sp³-hybridized carbons (Fsp3) is 0.500. The molecular weight excluding hydrogens is 244 g/mol. The summed E-state index contributed by atoms with van der Waals surface area (Å²) in [6.07, 6.45) is 0.603. The van der Waals surface area contributed by atoms with E-state index in [0.29, 0.717) is 17.6 Å². The van der Waals surface area contributed by atoms with Gasteiger partial charge in [-0.05, 0) is 12.5 Å². The van der Waals surface area contributed by atoms with Gasteiger partial charge in [-0.25, -0.2) is 4.79 Å². The summed E-state index contributed by atoms with van der Waals surface area (Å²) in [5.41, 5.74) is 0.817. The molecule has 6 nitrogen and oxygen atoms in total. The van der Waals surface area contributed by atoms with E-state index in [0.717, 1.165) is 0 Å². The lowest BCUT2D eigenvalue weighted by Gasteiger charge is -2.29. The quantitative estimate of drug-likeness (QED) is 0.600. The molecule has 0 saturated carbocycles. The van der Waals surface area contributed by atoms with Crippen LogP contribution in [-0.4, -0.2) is 40.4 Å². The zero-order valence-electron chi connectivity index (χ0n) is 9.52. The highest BCUT2D eigenvalue weighted by molar-refractivity contribution is 8.00. The molecule has 0 aromatic rings. The predicted octanol–water partition coefficient (Wildman–Crippen LogP) is -0.289. The van der Waals surface area contributed by atoms with E-state index in [1.807, 2.05) is 0 Å². The highest BCUT2D eigenvalue weighted by Gasteiger charge is 2.29. The molecule has 0 aliphatic carbocycles. The number of amides is 1. The maximum Gasteiger partial charge on any atom is 0.351 e. The Hall–Kier alpha value is -1.50. The number of aliphatic carboxylic acids is 1. The summed E-state index contributed by atoms with van der Waals surface area (Å²) in [5, 5.41) is 13.7. The summed E-state index contributed by atoms with van der Waals surface area (Å²) in [6.45, 7) is 3.02. The van der Waals surface area contributed by atoms with Crippen LogP contribution in [0.5, 0.6) is 0 Å². The normalized spacial score (nSPS) is 21.4. The Bertz CT molecular complexity index is 381. The second-order valence-electron chi connectivity index (χ2n) is 3.70. The lowest BCUT2D eigenvalue weighted by Crippen LogP contribution is -2.51. The molecule has 0 bridgehead atoms. The van der Waals surface area contributed by atoms with Gasteiger partial charge in [-0.15, -0.1) is 11.8 Å². The number of carboxylic acid groups (broad SMARTS) is 1. The molecular formula is C10H14N2O4S. The van der Waals surface area contributed by atoms with Gasteiger partial charge in [0.05, 0.1) is 0 Å². The van der Waals surface area contributed by atoms with Gasteiger partial charge in [0, 0.05) is 12.7 Å². The number of thioether (sulfide) groups is 1. The van der Waals surface area contributed by atoms with Crippen molar-refractivity contribution in [2.24, 2.45) is 0 Å². The van der Waals surface area contributed by atoms with Crippen molar-refractivity contribution in [2.45, 2.75) is 25.3 Å². The van der Waals surface area contributed by atoms with Crippen molar-refractivity contribution in [1.82, 2.24) is 10.6 Å². The molecule has 17 heavy (non-hydrogen) atoms. The number of rotatable bonds is 4. The Morgan fingerprint density at radius 1 is 1.65 bits per heavy atom. The molecule has 0 aromatic carbocycles. The van der Waals surface area contributed by atoms with Crippen LogP contribution in [-0.2, 0) is 14.4 Å². The van der Waals surface area contributed by atoms with Crippen LogP contribution >= 0.6 is 11.8 Å². The van der Waals surface area contributed by atoms with Gasteiger partial charge in [-0.2, -0.15) is 0 Å². The van der Waals surface area contributed by atoms with Crippen molar-refractivity contribution in [3.63, 3.8) is 0 Å².